The number of furan rings is 1. The highest BCUT2D eigenvalue weighted by Gasteiger charge is 2.18. The average molecular weight is 167 g/mol. The van der Waals surface area contributed by atoms with E-state index in [1.165, 1.54) is 5.56 Å². The zero-order chi connectivity index (χ0) is 8.39. The van der Waals surface area contributed by atoms with Crippen molar-refractivity contribution < 1.29 is 9.15 Å². The third-order valence-electron chi connectivity index (χ3n) is 2.17. The van der Waals surface area contributed by atoms with Crippen molar-refractivity contribution in [2.24, 2.45) is 0 Å². The van der Waals surface area contributed by atoms with Crippen LogP contribution >= 0.6 is 0 Å². The third-order valence-corrected chi connectivity index (χ3v) is 2.17. The van der Waals surface area contributed by atoms with Crippen molar-refractivity contribution in [3.8, 4) is 0 Å². The topological polar surface area (TPSA) is 34.4 Å². The van der Waals surface area contributed by atoms with Crippen molar-refractivity contribution in [1.29, 1.82) is 0 Å². The van der Waals surface area contributed by atoms with Crippen LogP contribution in [0, 0.1) is 6.92 Å². The molecule has 1 aliphatic rings. The lowest BCUT2D eigenvalue weighted by Crippen LogP contribution is -2.33. The van der Waals surface area contributed by atoms with Gasteiger partial charge in [-0.25, -0.2) is 0 Å². The maximum atomic E-state index is 5.58. The van der Waals surface area contributed by atoms with Gasteiger partial charge in [0.1, 0.15) is 5.76 Å². The number of nitrogens with one attached hydrogen (secondary N) is 1. The van der Waals surface area contributed by atoms with Crippen LogP contribution < -0.4 is 5.32 Å². The Kier molecular flexibility index (Phi) is 2.15. The molecule has 0 saturated carbocycles. The van der Waals surface area contributed by atoms with E-state index in [0.717, 1.165) is 25.5 Å². The predicted octanol–water partition coefficient (Wildman–Crippen LogP) is 1.25. The first-order valence-electron chi connectivity index (χ1n) is 4.24. The summed E-state index contributed by atoms with van der Waals surface area (Å²) in [6.07, 6.45) is 1.89. The van der Waals surface area contributed by atoms with Crippen LogP contribution in [-0.4, -0.2) is 19.7 Å². The lowest BCUT2D eigenvalue weighted by atomic mass is 10.1. The summed E-state index contributed by atoms with van der Waals surface area (Å²) >= 11 is 0. The van der Waals surface area contributed by atoms with Crippen molar-refractivity contribution in [3.05, 3.63) is 23.7 Å². The van der Waals surface area contributed by atoms with E-state index in [-0.39, 0.29) is 6.10 Å². The van der Waals surface area contributed by atoms with Gasteiger partial charge in [0.05, 0.1) is 19.0 Å². The maximum absolute atomic E-state index is 5.58. The second-order valence-corrected chi connectivity index (χ2v) is 3.00. The van der Waals surface area contributed by atoms with Gasteiger partial charge in [-0.3, -0.25) is 0 Å². The summed E-state index contributed by atoms with van der Waals surface area (Å²) in [6, 6.07) is 1.98. The largest absolute Gasteiger partial charge is 0.469 e. The second kappa shape index (κ2) is 3.29. The van der Waals surface area contributed by atoms with Crippen molar-refractivity contribution in [2.45, 2.75) is 13.0 Å². The molecule has 12 heavy (non-hydrogen) atoms. The Balaban J connectivity index is 2.13. The Morgan fingerprint density at radius 3 is 3.08 bits per heavy atom. The van der Waals surface area contributed by atoms with Crippen LogP contribution in [0.5, 0.6) is 0 Å². The number of aryl methyl sites for hydroxylation is 1. The van der Waals surface area contributed by atoms with E-state index in [1.807, 2.05) is 13.0 Å². The van der Waals surface area contributed by atoms with Gasteiger partial charge < -0.3 is 14.5 Å². The molecule has 1 atom stereocenters. The first-order chi connectivity index (χ1) is 5.88. The standard InChI is InChI=1S/C9H13NO2/c1-7-8(2-4-11-7)9-6-10-3-5-12-9/h2,4,9-10H,3,5-6H2,1H3. The molecule has 2 heterocycles. The SMILES string of the molecule is Cc1occc1C1CNCCO1. The fourth-order valence-corrected chi connectivity index (χ4v) is 1.49. The summed E-state index contributed by atoms with van der Waals surface area (Å²) in [4.78, 5) is 0. The van der Waals surface area contributed by atoms with Crippen LogP contribution in [0.4, 0.5) is 0 Å². The summed E-state index contributed by atoms with van der Waals surface area (Å²) in [6.45, 7) is 4.59. The highest BCUT2D eigenvalue weighted by Crippen LogP contribution is 2.22. The second-order valence-electron chi connectivity index (χ2n) is 3.00. The van der Waals surface area contributed by atoms with Crippen LogP contribution in [0.3, 0.4) is 0 Å². The number of hydrogen-bond acceptors (Lipinski definition) is 3. The van der Waals surface area contributed by atoms with Gasteiger partial charge in [-0.1, -0.05) is 0 Å². The minimum atomic E-state index is 0.178. The zero-order valence-electron chi connectivity index (χ0n) is 7.17. The van der Waals surface area contributed by atoms with Crippen LogP contribution in [0.2, 0.25) is 0 Å². The summed E-state index contributed by atoms with van der Waals surface area (Å²) in [5, 5.41) is 3.28. The zero-order valence-corrected chi connectivity index (χ0v) is 7.17. The molecule has 1 aromatic heterocycles. The lowest BCUT2D eigenvalue weighted by molar-refractivity contribution is 0.0268. The highest BCUT2D eigenvalue weighted by atomic mass is 16.5. The summed E-state index contributed by atoms with van der Waals surface area (Å²) < 4.78 is 10.8. The Morgan fingerprint density at radius 2 is 2.50 bits per heavy atom. The molecule has 0 aromatic carbocycles. The van der Waals surface area contributed by atoms with E-state index in [4.69, 9.17) is 9.15 Å². The molecule has 1 unspecified atom stereocenters. The molecule has 1 N–H and O–H groups in total. The van der Waals surface area contributed by atoms with E-state index in [1.54, 1.807) is 6.26 Å². The van der Waals surface area contributed by atoms with Crippen LogP contribution in [-0.2, 0) is 4.74 Å². The number of ether oxygens (including phenoxy) is 1. The minimum Gasteiger partial charge on any atom is -0.469 e. The van der Waals surface area contributed by atoms with E-state index in [2.05, 4.69) is 5.32 Å². The Labute approximate surface area is 71.7 Å². The Bertz CT molecular complexity index is 251. The smallest absolute Gasteiger partial charge is 0.106 e. The highest BCUT2D eigenvalue weighted by molar-refractivity contribution is 5.19. The maximum Gasteiger partial charge on any atom is 0.106 e. The molecular formula is C9H13NO2. The molecule has 1 fully saturated rings. The number of morpholine rings is 1. The summed E-state index contributed by atoms with van der Waals surface area (Å²) in [5.41, 5.74) is 1.17. The molecule has 2 rings (SSSR count). The first kappa shape index (κ1) is 7.83. The van der Waals surface area contributed by atoms with Gasteiger partial charge >= 0.3 is 0 Å². The molecule has 66 valence electrons. The first-order valence-corrected chi connectivity index (χ1v) is 4.24. The molecule has 0 spiro atoms. The van der Waals surface area contributed by atoms with E-state index in [0.29, 0.717) is 0 Å². The van der Waals surface area contributed by atoms with Gasteiger partial charge in [-0.05, 0) is 13.0 Å². The molecule has 1 aromatic rings. The molecule has 1 aliphatic heterocycles. The molecule has 0 aliphatic carbocycles. The van der Waals surface area contributed by atoms with Crippen molar-refractivity contribution in [1.82, 2.24) is 5.32 Å². The van der Waals surface area contributed by atoms with E-state index < -0.39 is 0 Å². The Hall–Kier alpha value is -0.800. The van der Waals surface area contributed by atoms with Crippen molar-refractivity contribution in [2.75, 3.05) is 19.7 Å². The Morgan fingerprint density at radius 1 is 1.58 bits per heavy atom. The van der Waals surface area contributed by atoms with Gasteiger partial charge in [0.15, 0.2) is 0 Å². The third kappa shape index (κ3) is 1.38. The van der Waals surface area contributed by atoms with Crippen molar-refractivity contribution in [3.63, 3.8) is 0 Å². The van der Waals surface area contributed by atoms with E-state index >= 15 is 0 Å². The molecule has 0 bridgehead atoms. The van der Waals surface area contributed by atoms with Gasteiger partial charge in [0.25, 0.3) is 0 Å². The fraction of sp³-hybridized carbons (Fsp3) is 0.556. The quantitative estimate of drug-likeness (QED) is 0.683. The van der Waals surface area contributed by atoms with Crippen LogP contribution in [0.25, 0.3) is 0 Å². The van der Waals surface area contributed by atoms with Crippen LogP contribution in [0.1, 0.15) is 17.4 Å². The number of hydrogen-bond donors (Lipinski definition) is 1. The summed E-state index contributed by atoms with van der Waals surface area (Å²) in [7, 11) is 0. The molecule has 0 radical (unpaired) electrons. The summed E-state index contributed by atoms with van der Waals surface area (Å²) in [5.74, 6) is 0.962. The minimum absolute atomic E-state index is 0.178. The molecule has 3 nitrogen and oxygen atoms in total. The normalized spacial score (nSPS) is 24.2. The lowest BCUT2D eigenvalue weighted by Gasteiger charge is -2.23. The van der Waals surface area contributed by atoms with Gasteiger partial charge in [0.2, 0.25) is 0 Å². The van der Waals surface area contributed by atoms with Gasteiger partial charge in [-0.2, -0.15) is 0 Å². The predicted molar refractivity (Wildman–Crippen MR) is 45.0 cm³/mol. The average Bonchev–Trinajstić information content (AvgIpc) is 2.53. The molecule has 0 amide bonds. The number of rotatable bonds is 1. The molecule has 3 heteroatoms. The molecule has 1 saturated heterocycles. The fourth-order valence-electron chi connectivity index (χ4n) is 1.49. The van der Waals surface area contributed by atoms with E-state index in [9.17, 15) is 0 Å². The van der Waals surface area contributed by atoms with Crippen LogP contribution in [0.15, 0.2) is 16.7 Å². The van der Waals surface area contributed by atoms with Gasteiger partial charge in [0, 0.05) is 18.7 Å². The van der Waals surface area contributed by atoms with Crippen molar-refractivity contribution >= 4 is 0 Å². The molecular weight excluding hydrogens is 154 g/mol. The van der Waals surface area contributed by atoms with Gasteiger partial charge in [-0.15, -0.1) is 0 Å². The monoisotopic (exact) mass is 167 g/mol.